The highest BCUT2D eigenvalue weighted by molar-refractivity contribution is 6.29. The van der Waals surface area contributed by atoms with Crippen molar-refractivity contribution in [3.05, 3.63) is 23.5 Å². The first kappa shape index (κ1) is 12.2. The van der Waals surface area contributed by atoms with Crippen molar-refractivity contribution >= 4 is 23.3 Å². The third-order valence-corrected chi connectivity index (χ3v) is 3.00. The predicted molar refractivity (Wildman–Crippen MR) is 66.2 cm³/mol. The molecule has 0 bridgehead atoms. The van der Waals surface area contributed by atoms with Crippen LogP contribution < -0.4 is 4.90 Å². The summed E-state index contributed by atoms with van der Waals surface area (Å²) in [5.41, 5.74) is 1.06. The van der Waals surface area contributed by atoms with Gasteiger partial charge >= 0.3 is 5.97 Å². The van der Waals surface area contributed by atoms with Crippen LogP contribution in [-0.2, 0) is 9.53 Å². The van der Waals surface area contributed by atoms with Gasteiger partial charge in [0.25, 0.3) is 0 Å². The van der Waals surface area contributed by atoms with Crippen LogP contribution in [-0.4, -0.2) is 30.6 Å². The number of hydrogen-bond acceptors (Lipinski definition) is 4. The highest BCUT2D eigenvalue weighted by Crippen LogP contribution is 2.27. The van der Waals surface area contributed by atoms with E-state index in [4.69, 9.17) is 16.3 Å². The standard InChI is InChI=1S/C12H15ClN2O2/c1-2-17-12(16)5-9-7-15(8-9)10-3-4-14-11(13)6-10/h3-4,6,9H,2,5,7-8H2,1H3. The number of esters is 1. The molecule has 1 fully saturated rings. The number of nitrogens with zero attached hydrogens (tertiary/aromatic N) is 2. The number of ether oxygens (including phenoxy) is 1. The Balaban J connectivity index is 1.81. The van der Waals surface area contributed by atoms with Gasteiger partial charge in [0.15, 0.2) is 0 Å². The Kier molecular flexibility index (Phi) is 3.84. The molecule has 0 aliphatic carbocycles. The summed E-state index contributed by atoms with van der Waals surface area (Å²) in [5.74, 6) is 0.283. The maximum atomic E-state index is 11.3. The van der Waals surface area contributed by atoms with Crippen molar-refractivity contribution in [2.45, 2.75) is 13.3 Å². The molecule has 0 unspecified atom stereocenters. The highest BCUT2D eigenvalue weighted by Gasteiger charge is 2.29. The number of carbonyl (C=O) groups is 1. The smallest absolute Gasteiger partial charge is 0.306 e. The topological polar surface area (TPSA) is 42.4 Å². The maximum absolute atomic E-state index is 11.3. The normalized spacial score (nSPS) is 15.5. The number of carbonyl (C=O) groups excluding carboxylic acids is 1. The first-order valence-electron chi connectivity index (χ1n) is 5.71. The van der Waals surface area contributed by atoms with Gasteiger partial charge in [0.2, 0.25) is 0 Å². The van der Waals surface area contributed by atoms with Crippen LogP contribution in [0.5, 0.6) is 0 Å². The third kappa shape index (κ3) is 3.09. The van der Waals surface area contributed by atoms with E-state index in [1.54, 1.807) is 6.20 Å². The summed E-state index contributed by atoms with van der Waals surface area (Å²) in [6.45, 7) is 4.03. The van der Waals surface area contributed by atoms with E-state index >= 15 is 0 Å². The minimum absolute atomic E-state index is 0.107. The SMILES string of the molecule is CCOC(=O)CC1CN(c2ccnc(Cl)c2)C1. The molecular formula is C12H15ClN2O2. The first-order chi connectivity index (χ1) is 8.19. The minimum atomic E-state index is -0.107. The molecule has 2 rings (SSSR count). The first-order valence-corrected chi connectivity index (χ1v) is 6.09. The summed E-state index contributed by atoms with van der Waals surface area (Å²) < 4.78 is 4.92. The Bertz CT molecular complexity index is 405. The fraction of sp³-hybridized carbons (Fsp3) is 0.500. The van der Waals surface area contributed by atoms with Crippen molar-refractivity contribution in [2.24, 2.45) is 5.92 Å². The molecule has 2 heterocycles. The number of anilines is 1. The van der Waals surface area contributed by atoms with E-state index in [9.17, 15) is 4.79 Å². The minimum Gasteiger partial charge on any atom is -0.466 e. The lowest BCUT2D eigenvalue weighted by atomic mass is 9.96. The van der Waals surface area contributed by atoms with Gasteiger partial charge in [-0.2, -0.15) is 0 Å². The van der Waals surface area contributed by atoms with Crippen molar-refractivity contribution in [1.82, 2.24) is 4.98 Å². The van der Waals surface area contributed by atoms with Crippen LogP contribution in [0.3, 0.4) is 0 Å². The van der Waals surface area contributed by atoms with E-state index in [-0.39, 0.29) is 5.97 Å². The van der Waals surface area contributed by atoms with Crippen LogP contribution in [0.4, 0.5) is 5.69 Å². The third-order valence-electron chi connectivity index (χ3n) is 2.79. The summed E-state index contributed by atoms with van der Waals surface area (Å²) in [6.07, 6.45) is 2.19. The molecule has 0 spiro atoms. The molecule has 1 aliphatic rings. The molecule has 1 aromatic rings. The maximum Gasteiger partial charge on any atom is 0.306 e. The zero-order valence-corrected chi connectivity index (χ0v) is 10.5. The Labute approximate surface area is 106 Å². The van der Waals surface area contributed by atoms with E-state index in [1.807, 2.05) is 19.1 Å². The molecule has 0 aromatic carbocycles. The lowest BCUT2D eigenvalue weighted by molar-refractivity contribution is -0.144. The summed E-state index contributed by atoms with van der Waals surface area (Å²) in [5, 5.41) is 0.497. The zero-order valence-electron chi connectivity index (χ0n) is 9.73. The predicted octanol–water partition coefficient (Wildman–Crippen LogP) is 2.12. The fourth-order valence-electron chi connectivity index (χ4n) is 1.95. The molecular weight excluding hydrogens is 240 g/mol. The summed E-state index contributed by atoms with van der Waals surface area (Å²) in [4.78, 5) is 17.4. The summed E-state index contributed by atoms with van der Waals surface area (Å²) in [7, 11) is 0. The molecule has 17 heavy (non-hydrogen) atoms. The monoisotopic (exact) mass is 254 g/mol. The van der Waals surface area contributed by atoms with E-state index < -0.39 is 0 Å². The number of aromatic nitrogens is 1. The Morgan fingerprint density at radius 2 is 2.41 bits per heavy atom. The van der Waals surface area contributed by atoms with Crippen molar-refractivity contribution in [2.75, 3.05) is 24.6 Å². The van der Waals surface area contributed by atoms with Crippen molar-refractivity contribution < 1.29 is 9.53 Å². The number of hydrogen-bond donors (Lipinski definition) is 0. The van der Waals surface area contributed by atoms with Gasteiger partial charge in [-0.15, -0.1) is 0 Å². The summed E-state index contributed by atoms with van der Waals surface area (Å²) in [6, 6.07) is 3.76. The Morgan fingerprint density at radius 3 is 3.06 bits per heavy atom. The average molecular weight is 255 g/mol. The number of halogens is 1. The second kappa shape index (κ2) is 5.36. The van der Waals surface area contributed by atoms with Gasteiger partial charge in [0.05, 0.1) is 13.0 Å². The molecule has 1 aromatic heterocycles. The Hall–Kier alpha value is -1.29. The fourth-order valence-corrected chi connectivity index (χ4v) is 2.12. The number of pyridine rings is 1. The largest absolute Gasteiger partial charge is 0.466 e. The molecule has 4 nitrogen and oxygen atoms in total. The van der Waals surface area contributed by atoms with Crippen LogP contribution in [0.2, 0.25) is 5.15 Å². The van der Waals surface area contributed by atoms with Gasteiger partial charge in [-0.05, 0) is 19.1 Å². The van der Waals surface area contributed by atoms with E-state index in [1.165, 1.54) is 0 Å². The highest BCUT2D eigenvalue weighted by atomic mass is 35.5. The molecule has 1 saturated heterocycles. The molecule has 0 atom stereocenters. The van der Waals surface area contributed by atoms with Crippen molar-refractivity contribution in [3.63, 3.8) is 0 Å². The molecule has 5 heteroatoms. The average Bonchev–Trinajstić information content (AvgIpc) is 2.23. The quantitative estimate of drug-likeness (QED) is 0.610. The van der Waals surface area contributed by atoms with Crippen molar-refractivity contribution in [1.29, 1.82) is 0 Å². The van der Waals surface area contributed by atoms with Gasteiger partial charge in [0.1, 0.15) is 5.15 Å². The van der Waals surface area contributed by atoms with E-state index in [0.29, 0.717) is 24.1 Å². The van der Waals surface area contributed by atoms with Gasteiger partial charge in [-0.3, -0.25) is 4.79 Å². The van der Waals surface area contributed by atoms with Crippen LogP contribution in [0.25, 0.3) is 0 Å². The van der Waals surface area contributed by atoms with Gasteiger partial charge in [-0.25, -0.2) is 4.98 Å². The molecule has 1 aliphatic heterocycles. The molecule has 0 amide bonds. The molecule has 0 saturated carbocycles. The second-order valence-electron chi connectivity index (χ2n) is 4.12. The summed E-state index contributed by atoms with van der Waals surface area (Å²) >= 11 is 5.82. The van der Waals surface area contributed by atoms with Crippen LogP contribution in [0.1, 0.15) is 13.3 Å². The molecule has 0 N–H and O–H groups in total. The van der Waals surface area contributed by atoms with Gasteiger partial charge in [0, 0.05) is 30.9 Å². The van der Waals surface area contributed by atoms with Gasteiger partial charge in [-0.1, -0.05) is 11.6 Å². The van der Waals surface area contributed by atoms with E-state index in [2.05, 4.69) is 9.88 Å². The molecule has 92 valence electrons. The lowest BCUT2D eigenvalue weighted by Crippen LogP contribution is -2.47. The zero-order chi connectivity index (χ0) is 12.3. The van der Waals surface area contributed by atoms with Gasteiger partial charge < -0.3 is 9.64 Å². The lowest BCUT2D eigenvalue weighted by Gasteiger charge is -2.40. The van der Waals surface area contributed by atoms with Crippen molar-refractivity contribution in [3.8, 4) is 0 Å². The second-order valence-corrected chi connectivity index (χ2v) is 4.50. The number of rotatable bonds is 4. The van der Waals surface area contributed by atoms with Crippen LogP contribution >= 0.6 is 11.6 Å². The van der Waals surface area contributed by atoms with E-state index in [0.717, 1.165) is 18.8 Å². The van der Waals surface area contributed by atoms with Crippen LogP contribution in [0, 0.1) is 5.92 Å². The Morgan fingerprint density at radius 1 is 1.65 bits per heavy atom. The van der Waals surface area contributed by atoms with Crippen LogP contribution in [0.15, 0.2) is 18.3 Å². The molecule has 0 radical (unpaired) electrons.